The Morgan fingerprint density at radius 2 is 1.78 bits per heavy atom. The molecular formula is C21H31N3O3. The van der Waals surface area contributed by atoms with Crippen LogP contribution in [0.15, 0.2) is 24.3 Å². The Labute approximate surface area is 162 Å². The molecule has 0 atom stereocenters. The van der Waals surface area contributed by atoms with Gasteiger partial charge in [-0.3, -0.25) is 4.90 Å². The Morgan fingerprint density at radius 1 is 1.15 bits per heavy atom. The molecular weight excluding hydrogens is 342 g/mol. The molecule has 2 heterocycles. The van der Waals surface area contributed by atoms with Gasteiger partial charge in [0.25, 0.3) is 0 Å². The van der Waals surface area contributed by atoms with Crippen LogP contribution >= 0.6 is 0 Å². The highest BCUT2D eigenvalue weighted by Gasteiger charge is 2.26. The molecule has 0 aliphatic carbocycles. The van der Waals surface area contributed by atoms with Crippen molar-refractivity contribution >= 4 is 6.03 Å². The minimum Gasteiger partial charge on any atom is -0.493 e. The molecule has 0 aromatic heterocycles. The fourth-order valence-corrected chi connectivity index (χ4v) is 3.94. The maximum atomic E-state index is 12.7. The van der Waals surface area contributed by atoms with Crippen LogP contribution in [0.2, 0.25) is 0 Å². The third kappa shape index (κ3) is 4.75. The molecule has 1 fully saturated rings. The number of likely N-dealkylation sites (tertiary alicyclic amines) is 1. The largest absolute Gasteiger partial charge is 0.493 e. The molecule has 1 saturated heterocycles. The van der Waals surface area contributed by atoms with Gasteiger partial charge in [0, 0.05) is 38.8 Å². The average Bonchev–Trinajstić information content (AvgIpc) is 2.67. The van der Waals surface area contributed by atoms with Crippen LogP contribution in [0.4, 0.5) is 4.79 Å². The van der Waals surface area contributed by atoms with Crippen LogP contribution in [-0.2, 0) is 13.0 Å². The SMILES string of the molecule is C=C(C)CN1CCC(NC(=O)N2CCc3cc(OC)c(OC)cc3C2)CC1. The first-order chi connectivity index (χ1) is 13.0. The van der Waals surface area contributed by atoms with Crippen molar-refractivity contribution in [2.75, 3.05) is 40.4 Å². The quantitative estimate of drug-likeness (QED) is 0.807. The molecule has 148 valence electrons. The van der Waals surface area contributed by atoms with E-state index < -0.39 is 0 Å². The second-order valence-corrected chi connectivity index (χ2v) is 7.60. The zero-order valence-electron chi connectivity index (χ0n) is 16.7. The number of rotatable bonds is 5. The first-order valence-corrected chi connectivity index (χ1v) is 9.66. The van der Waals surface area contributed by atoms with E-state index in [1.54, 1.807) is 14.2 Å². The summed E-state index contributed by atoms with van der Waals surface area (Å²) >= 11 is 0. The monoisotopic (exact) mass is 373 g/mol. The number of carbonyl (C=O) groups excluding carboxylic acids is 1. The summed E-state index contributed by atoms with van der Waals surface area (Å²) in [5, 5.41) is 3.23. The standard InChI is InChI=1S/C21H31N3O3/c1-15(2)13-23-8-6-18(7-9-23)22-21(25)24-10-5-16-11-19(26-3)20(27-4)12-17(16)14-24/h11-12,18H,1,5-10,13-14H2,2-4H3,(H,22,25). The van der Waals surface area contributed by atoms with Crippen molar-refractivity contribution in [2.24, 2.45) is 0 Å². The maximum Gasteiger partial charge on any atom is 0.317 e. The number of amides is 2. The van der Waals surface area contributed by atoms with E-state index in [0.29, 0.717) is 12.3 Å². The second kappa shape index (κ2) is 8.65. The van der Waals surface area contributed by atoms with E-state index in [2.05, 4.69) is 23.7 Å². The summed E-state index contributed by atoms with van der Waals surface area (Å²) in [7, 11) is 3.28. The van der Waals surface area contributed by atoms with Crippen molar-refractivity contribution < 1.29 is 14.3 Å². The minimum atomic E-state index is 0.0359. The molecule has 6 heteroatoms. The van der Waals surface area contributed by atoms with Gasteiger partial charge in [-0.2, -0.15) is 0 Å². The van der Waals surface area contributed by atoms with Gasteiger partial charge in [-0.05, 0) is 49.4 Å². The van der Waals surface area contributed by atoms with Gasteiger partial charge in [0.1, 0.15) is 0 Å². The van der Waals surface area contributed by atoms with Crippen molar-refractivity contribution in [2.45, 2.75) is 38.8 Å². The highest BCUT2D eigenvalue weighted by atomic mass is 16.5. The molecule has 1 aromatic carbocycles. The number of nitrogens with zero attached hydrogens (tertiary/aromatic N) is 2. The summed E-state index contributed by atoms with van der Waals surface area (Å²) < 4.78 is 10.8. The molecule has 2 amide bonds. The normalized spacial score (nSPS) is 18.0. The zero-order valence-corrected chi connectivity index (χ0v) is 16.7. The maximum absolute atomic E-state index is 12.7. The number of urea groups is 1. The molecule has 6 nitrogen and oxygen atoms in total. The Morgan fingerprint density at radius 3 is 2.37 bits per heavy atom. The first kappa shape index (κ1) is 19.5. The first-order valence-electron chi connectivity index (χ1n) is 9.66. The summed E-state index contributed by atoms with van der Waals surface area (Å²) in [6.07, 6.45) is 2.82. The van der Waals surface area contributed by atoms with Crippen LogP contribution in [0.1, 0.15) is 30.9 Å². The molecule has 2 aliphatic rings. The Hall–Kier alpha value is -2.21. The molecule has 0 unspecified atom stereocenters. The lowest BCUT2D eigenvalue weighted by molar-refractivity contribution is 0.172. The molecule has 0 radical (unpaired) electrons. The van der Waals surface area contributed by atoms with Gasteiger partial charge in [0.05, 0.1) is 14.2 Å². The van der Waals surface area contributed by atoms with Crippen LogP contribution in [0.5, 0.6) is 11.5 Å². The van der Waals surface area contributed by atoms with Gasteiger partial charge >= 0.3 is 6.03 Å². The molecule has 0 spiro atoms. The number of nitrogens with one attached hydrogen (secondary N) is 1. The highest BCUT2D eigenvalue weighted by Crippen LogP contribution is 2.33. The number of methoxy groups -OCH3 is 2. The fraction of sp³-hybridized carbons (Fsp3) is 0.571. The van der Waals surface area contributed by atoms with Crippen LogP contribution in [0, 0.1) is 0 Å². The molecule has 2 aliphatic heterocycles. The Balaban J connectivity index is 1.56. The van der Waals surface area contributed by atoms with Crippen molar-refractivity contribution in [1.82, 2.24) is 15.1 Å². The van der Waals surface area contributed by atoms with E-state index in [1.807, 2.05) is 17.0 Å². The van der Waals surface area contributed by atoms with Gasteiger partial charge in [-0.1, -0.05) is 12.2 Å². The van der Waals surface area contributed by atoms with E-state index >= 15 is 0 Å². The third-order valence-electron chi connectivity index (χ3n) is 5.41. The summed E-state index contributed by atoms with van der Waals surface area (Å²) in [6, 6.07) is 4.31. The molecule has 0 bridgehead atoms. The van der Waals surface area contributed by atoms with Crippen LogP contribution in [0.25, 0.3) is 0 Å². The van der Waals surface area contributed by atoms with Gasteiger partial charge in [-0.25, -0.2) is 4.79 Å². The summed E-state index contributed by atoms with van der Waals surface area (Å²) in [5.41, 5.74) is 3.55. The number of carbonyl (C=O) groups is 1. The molecule has 3 rings (SSSR count). The number of benzene rings is 1. The van der Waals surface area contributed by atoms with Crippen LogP contribution in [-0.4, -0.2) is 62.3 Å². The number of piperidine rings is 1. The lowest BCUT2D eigenvalue weighted by Crippen LogP contribution is -2.50. The fourth-order valence-electron chi connectivity index (χ4n) is 3.94. The van der Waals surface area contributed by atoms with Crippen LogP contribution < -0.4 is 14.8 Å². The minimum absolute atomic E-state index is 0.0359. The molecule has 0 saturated carbocycles. The number of hydrogen-bond acceptors (Lipinski definition) is 4. The van der Waals surface area contributed by atoms with Gasteiger partial charge in [0.15, 0.2) is 11.5 Å². The molecule has 27 heavy (non-hydrogen) atoms. The van der Waals surface area contributed by atoms with Crippen molar-refractivity contribution in [3.63, 3.8) is 0 Å². The highest BCUT2D eigenvalue weighted by molar-refractivity contribution is 5.75. The summed E-state index contributed by atoms with van der Waals surface area (Å²) in [5.74, 6) is 1.46. The predicted octanol–water partition coefficient (Wildman–Crippen LogP) is 2.81. The number of fused-ring (bicyclic) bond motifs is 1. The van der Waals surface area contributed by atoms with Gasteiger partial charge < -0.3 is 19.7 Å². The Bertz CT molecular complexity index is 696. The number of hydrogen-bond donors (Lipinski definition) is 1. The second-order valence-electron chi connectivity index (χ2n) is 7.60. The molecule has 1 N–H and O–H groups in total. The lowest BCUT2D eigenvalue weighted by atomic mass is 9.99. The van der Waals surface area contributed by atoms with E-state index in [-0.39, 0.29) is 12.1 Å². The van der Waals surface area contributed by atoms with E-state index in [0.717, 1.165) is 56.8 Å². The summed E-state index contributed by atoms with van der Waals surface area (Å²) in [4.78, 5) is 17.0. The van der Waals surface area contributed by atoms with Crippen molar-refractivity contribution in [3.8, 4) is 11.5 Å². The lowest BCUT2D eigenvalue weighted by Gasteiger charge is -2.35. The third-order valence-corrected chi connectivity index (χ3v) is 5.41. The summed E-state index contributed by atoms with van der Waals surface area (Å²) in [6.45, 7) is 10.4. The molecule has 1 aromatic rings. The van der Waals surface area contributed by atoms with Crippen molar-refractivity contribution in [3.05, 3.63) is 35.4 Å². The predicted molar refractivity (Wildman–Crippen MR) is 106 cm³/mol. The van der Waals surface area contributed by atoms with E-state index in [4.69, 9.17) is 9.47 Å². The zero-order chi connectivity index (χ0) is 19.4. The van der Waals surface area contributed by atoms with Gasteiger partial charge in [0.2, 0.25) is 0 Å². The van der Waals surface area contributed by atoms with Crippen molar-refractivity contribution in [1.29, 1.82) is 0 Å². The van der Waals surface area contributed by atoms with Crippen LogP contribution in [0.3, 0.4) is 0 Å². The smallest absolute Gasteiger partial charge is 0.317 e. The average molecular weight is 373 g/mol. The topological polar surface area (TPSA) is 54.0 Å². The Kier molecular flexibility index (Phi) is 6.26. The van der Waals surface area contributed by atoms with E-state index in [1.165, 1.54) is 11.1 Å². The number of ether oxygens (including phenoxy) is 2. The van der Waals surface area contributed by atoms with E-state index in [9.17, 15) is 4.79 Å². The van der Waals surface area contributed by atoms with Gasteiger partial charge in [-0.15, -0.1) is 0 Å².